The first-order valence-corrected chi connectivity index (χ1v) is 11.9. The Hall–Kier alpha value is -4.12. The topological polar surface area (TPSA) is 135 Å². The van der Waals surface area contributed by atoms with Crippen LogP contribution in [0.3, 0.4) is 0 Å². The number of ketones is 1. The van der Waals surface area contributed by atoms with Crippen LogP contribution in [0, 0.1) is 0 Å². The van der Waals surface area contributed by atoms with E-state index < -0.39 is 18.0 Å². The van der Waals surface area contributed by atoms with Crippen molar-refractivity contribution in [3.63, 3.8) is 0 Å². The number of nitrogens with one attached hydrogen (secondary N) is 1. The van der Waals surface area contributed by atoms with E-state index in [-0.39, 0.29) is 29.3 Å². The maximum atomic E-state index is 13.0. The molecule has 11 heteroatoms. The Morgan fingerprint density at radius 1 is 0.946 bits per heavy atom. The van der Waals surface area contributed by atoms with Crippen molar-refractivity contribution in [1.29, 1.82) is 0 Å². The lowest BCUT2D eigenvalue weighted by molar-refractivity contribution is 0.0594. The molecule has 198 valence electrons. The van der Waals surface area contributed by atoms with E-state index in [2.05, 4.69) is 10.2 Å². The molecule has 0 saturated carbocycles. The molecule has 1 aliphatic heterocycles. The summed E-state index contributed by atoms with van der Waals surface area (Å²) in [6, 6.07) is 9.22. The lowest BCUT2D eigenvalue weighted by atomic mass is 10.1. The van der Waals surface area contributed by atoms with Crippen molar-refractivity contribution < 1.29 is 38.5 Å². The van der Waals surface area contributed by atoms with Gasteiger partial charge >= 0.3 is 12.1 Å². The summed E-state index contributed by atoms with van der Waals surface area (Å²) in [4.78, 5) is 51.7. The number of carbonyl (C=O) groups excluding carboxylic acids is 3. The van der Waals surface area contributed by atoms with Crippen LogP contribution in [-0.4, -0.2) is 91.7 Å². The summed E-state index contributed by atoms with van der Waals surface area (Å²) in [5.41, 5.74) is 1.03. The summed E-state index contributed by atoms with van der Waals surface area (Å²) < 4.78 is 16.3. The number of carbonyl (C=O) groups is 4. The van der Waals surface area contributed by atoms with E-state index in [0.717, 1.165) is 0 Å². The lowest BCUT2D eigenvalue weighted by Crippen LogP contribution is -2.49. The molecule has 0 bridgehead atoms. The van der Waals surface area contributed by atoms with E-state index in [4.69, 9.17) is 19.3 Å². The van der Waals surface area contributed by atoms with E-state index in [1.807, 2.05) is 6.92 Å². The van der Waals surface area contributed by atoms with Crippen molar-refractivity contribution in [2.45, 2.75) is 13.8 Å². The largest absolute Gasteiger partial charge is 0.492 e. The van der Waals surface area contributed by atoms with Crippen molar-refractivity contribution in [1.82, 2.24) is 9.80 Å². The summed E-state index contributed by atoms with van der Waals surface area (Å²) in [5.74, 6) is -0.640. The Morgan fingerprint density at radius 2 is 1.62 bits per heavy atom. The second-order valence-electron chi connectivity index (χ2n) is 8.32. The normalized spacial score (nSPS) is 13.5. The molecule has 1 saturated heterocycles. The molecule has 1 heterocycles. The fourth-order valence-electron chi connectivity index (χ4n) is 3.84. The highest BCUT2D eigenvalue weighted by Crippen LogP contribution is 2.28. The van der Waals surface area contributed by atoms with E-state index in [1.54, 1.807) is 18.2 Å². The molecule has 2 amide bonds. The standard InChI is InChI=1S/C26H31N3O8/c1-4-36-23-8-5-18(17(2)30)16-21(23)27-24(31)19-6-7-22(20(15-19)25(32)35-3)37-14-13-28-9-11-29(12-10-28)26(33)34/h5-8,15-16H,4,9-14H2,1-3H3,(H,27,31)(H,33,34). The monoisotopic (exact) mass is 513 g/mol. The van der Waals surface area contributed by atoms with Gasteiger partial charge in [0.25, 0.3) is 5.91 Å². The predicted octanol–water partition coefficient (Wildman–Crippen LogP) is 3.00. The molecular weight excluding hydrogens is 482 g/mol. The van der Waals surface area contributed by atoms with Crippen LogP contribution in [0.2, 0.25) is 0 Å². The van der Waals surface area contributed by atoms with Gasteiger partial charge in [-0.1, -0.05) is 0 Å². The third kappa shape index (κ3) is 7.20. The number of rotatable bonds is 10. The van der Waals surface area contributed by atoms with Crippen LogP contribution in [0.5, 0.6) is 11.5 Å². The number of hydrogen-bond donors (Lipinski definition) is 2. The molecule has 11 nitrogen and oxygen atoms in total. The summed E-state index contributed by atoms with van der Waals surface area (Å²) in [7, 11) is 1.24. The Bertz CT molecular complexity index is 1160. The Labute approximate surface area is 214 Å². The van der Waals surface area contributed by atoms with E-state index in [9.17, 15) is 19.2 Å². The first kappa shape index (κ1) is 27.5. The van der Waals surface area contributed by atoms with Crippen molar-refractivity contribution in [2.75, 3.05) is 58.4 Å². The van der Waals surface area contributed by atoms with Gasteiger partial charge in [-0.3, -0.25) is 14.5 Å². The van der Waals surface area contributed by atoms with Gasteiger partial charge in [0.2, 0.25) is 0 Å². The number of carboxylic acid groups (broad SMARTS) is 1. The van der Waals surface area contributed by atoms with E-state index in [1.165, 1.54) is 37.1 Å². The van der Waals surface area contributed by atoms with Gasteiger partial charge in [-0.2, -0.15) is 0 Å². The molecule has 0 aromatic heterocycles. The number of Topliss-reactive ketones (excluding diaryl/α,β-unsaturated/α-hetero) is 1. The number of nitrogens with zero attached hydrogens (tertiary/aromatic N) is 2. The molecule has 1 aliphatic rings. The highest BCUT2D eigenvalue weighted by Gasteiger charge is 2.21. The number of ether oxygens (including phenoxy) is 3. The van der Waals surface area contributed by atoms with Gasteiger partial charge in [-0.15, -0.1) is 0 Å². The molecule has 0 radical (unpaired) electrons. The number of anilines is 1. The summed E-state index contributed by atoms with van der Waals surface area (Å²) in [5, 5.41) is 11.8. The molecule has 0 spiro atoms. The van der Waals surface area contributed by atoms with Crippen LogP contribution < -0.4 is 14.8 Å². The number of benzene rings is 2. The molecule has 2 aromatic rings. The van der Waals surface area contributed by atoms with Gasteiger partial charge in [0.15, 0.2) is 5.78 Å². The van der Waals surface area contributed by atoms with Crippen molar-refractivity contribution >= 4 is 29.4 Å². The van der Waals surface area contributed by atoms with E-state index in [0.29, 0.717) is 56.3 Å². The number of esters is 1. The van der Waals surface area contributed by atoms with Crippen LogP contribution in [-0.2, 0) is 4.74 Å². The molecular formula is C26H31N3O8. The summed E-state index contributed by atoms with van der Waals surface area (Å²) >= 11 is 0. The first-order chi connectivity index (χ1) is 17.7. The van der Waals surface area contributed by atoms with Crippen LogP contribution in [0.4, 0.5) is 10.5 Å². The van der Waals surface area contributed by atoms with E-state index >= 15 is 0 Å². The fourth-order valence-corrected chi connectivity index (χ4v) is 3.84. The summed E-state index contributed by atoms with van der Waals surface area (Å²) in [6.45, 7) is 6.44. The van der Waals surface area contributed by atoms with Crippen molar-refractivity contribution in [3.05, 3.63) is 53.1 Å². The summed E-state index contributed by atoms with van der Waals surface area (Å²) in [6.07, 6.45) is -0.927. The zero-order valence-electron chi connectivity index (χ0n) is 21.1. The number of methoxy groups -OCH3 is 1. The first-order valence-electron chi connectivity index (χ1n) is 11.9. The molecule has 2 N–H and O–H groups in total. The molecule has 3 rings (SSSR count). The molecule has 2 aromatic carbocycles. The SMILES string of the molecule is CCOc1ccc(C(C)=O)cc1NC(=O)c1ccc(OCCN2CCN(C(=O)O)CC2)c(C(=O)OC)c1. The van der Waals surface area contributed by atoms with Gasteiger partial charge < -0.3 is 29.5 Å². The van der Waals surface area contributed by atoms with Gasteiger partial charge in [0, 0.05) is 43.9 Å². The number of piperazine rings is 1. The average Bonchev–Trinajstić information content (AvgIpc) is 2.89. The maximum absolute atomic E-state index is 13.0. The number of hydrogen-bond acceptors (Lipinski definition) is 8. The predicted molar refractivity (Wildman–Crippen MR) is 135 cm³/mol. The van der Waals surface area contributed by atoms with Gasteiger partial charge in [-0.05, 0) is 50.2 Å². The Balaban J connectivity index is 1.71. The van der Waals surface area contributed by atoms with Crippen LogP contribution >= 0.6 is 0 Å². The highest BCUT2D eigenvalue weighted by atomic mass is 16.5. The zero-order valence-corrected chi connectivity index (χ0v) is 21.1. The van der Waals surface area contributed by atoms with Crippen molar-refractivity contribution in [2.24, 2.45) is 0 Å². The zero-order chi connectivity index (χ0) is 26.9. The Kier molecular flexibility index (Phi) is 9.45. The minimum atomic E-state index is -0.927. The lowest BCUT2D eigenvalue weighted by Gasteiger charge is -2.32. The maximum Gasteiger partial charge on any atom is 0.407 e. The van der Waals surface area contributed by atoms with Crippen LogP contribution in [0.1, 0.15) is 44.9 Å². The highest BCUT2D eigenvalue weighted by molar-refractivity contribution is 6.07. The Morgan fingerprint density at radius 3 is 2.24 bits per heavy atom. The van der Waals surface area contributed by atoms with Crippen LogP contribution in [0.25, 0.3) is 0 Å². The minimum absolute atomic E-state index is 0.0911. The molecule has 0 unspecified atom stereocenters. The third-order valence-corrected chi connectivity index (χ3v) is 5.89. The third-order valence-electron chi connectivity index (χ3n) is 5.89. The molecule has 1 fully saturated rings. The minimum Gasteiger partial charge on any atom is -0.492 e. The molecule has 0 aliphatic carbocycles. The van der Waals surface area contributed by atoms with Gasteiger partial charge in [0.05, 0.1) is 19.4 Å². The molecule has 37 heavy (non-hydrogen) atoms. The quantitative estimate of drug-likeness (QED) is 0.363. The second kappa shape index (κ2) is 12.7. The number of amides is 2. The van der Waals surface area contributed by atoms with Gasteiger partial charge in [-0.25, -0.2) is 9.59 Å². The van der Waals surface area contributed by atoms with Gasteiger partial charge in [0.1, 0.15) is 23.7 Å². The average molecular weight is 514 g/mol. The molecule has 0 atom stereocenters. The van der Waals surface area contributed by atoms with Crippen LogP contribution in [0.15, 0.2) is 36.4 Å². The van der Waals surface area contributed by atoms with Crippen molar-refractivity contribution in [3.8, 4) is 11.5 Å². The fraction of sp³-hybridized carbons (Fsp3) is 0.385. The second-order valence-corrected chi connectivity index (χ2v) is 8.32. The smallest absolute Gasteiger partial charge is 0.407 e.